The largest absolute Gasteiger partial charge is 1.00 e. The first-order chi connectivity index (χ1) is 11.2. The standard InChI is InChI=1S/C22H48P.HI/c1-5-9-11-13-15-17-21-23(19-7-3,20-8-4)22-18-16-14-12-10-6-2;/h5-22H2,1-4H3;1H/q+1;/p-1. The minimum atomic E-state index is -0.607. The van der Waals surface area contributed by atoms with Gasteiger partial charge in [0.2, 0.25) is 0 Å². The van der Waals surface area contributed by atoms with Crippen molar-refractivity contribution in [1.82, 2.24) is 0 Å². The maximum absolute atomic E-state index is 2.42. The highest BCUT2D eigenvalue weighted by molar-refractivity contribution is 7.75. The van der Waals surface area contributed by atoms with Gasteiger partial charge in [-0.2, -0.15) is 0 Å². The van der Waals surface area contributed by atoms with E-state index in [9.17, 15) is 0 Å². The van der Waals surface area contributed by atoms with Crippen LogP contribution >= 0.6 is 7.26 Å². The molecule has 0 aliphatic carbocycles. The Hall–Kier alpha value is 1.16. The van der Waals surface area contributed by atoms with Gasteiger partial charge in [-0.15, -0.1) is 0 Å². The summed E-state index contributed by atoms with van der Waals surface area (Å²) in [5.74, 6) is 0. The Kier molecular flexibility index (Phi) is 23.4. The summed E-state index contributed by atoms with van der Waals surface area (Å²) < 4.78 is 0. The third-order valence-electron chi connectivity index (χ3n) is 5.37. The molecule has 0 fully saturated rings. The Balaban J connectivity index is 0. The Morgan fingerprint density at radius 1 is 0.375 bits per heavy atom. The Labute approximate surface area is 173 Å². The Morgan fingerprint density at radius 3 is 1.04 bits per heavy atom. The van der Waals surface area contributed by atoms with Crippen LogP contribution in [0.15, 0.2) is 0 Å². The molecule has 0 spiro atoms. The van der Waals surface area contributed by atoms with Gasteiger partial charge in [0, 0.05) is 7.26 Å². The van der Waals surface area contributed by atoms with Crippen molar-refractivity contribution in [3.8, 4) is 0 Å². The predicted octanol–water partition coefficient (Wildman–Crippen LogP) is 5.55. The van der Waals surface area contributed by atoms with Crippen molar-refractivity contribution in [1.29, 1.82) is 0 Å². The van der Waals surface area contributed by atoms with Crippen molar-refractivity contribution in [3.63, 3.8) is 0 Å². The normalized spacial score (nSPS) is 11.5. The smallest absolute Gasteiger partial charge is 0.0594 e. The first-order valence-electron chi connectivity index (χ1n) is 11.1. The minimum absolute atomic E-state index is 0. The molecule has 0 aliphatic heterocycles. The van der Waals surface area contributed by atoms with Crippen molar-refractivity contribution < 1.29 is 24.0 Å². The minimum Gasteiger partial charge on any atom is -1.00 e. The molecular weight excluding hydrogens is 422 g/mol. The van der Waals surface area contributed by atoms with Crippen molar-refractivity contribution in [2.24, 2.45) is 0 Å². The van der Waals surface area contributed by atoms with Gasteiger partial charge in [0.1, 0.15) is 0 Å². The second-order valence-corrected chi connectivity index (χ2v) is 12.2. The van der Waals surface area contributed by atoms with Crippen molar-refractivity contribution in [2.45, 2.75) is 118 Å². The molecule has 0 saturated carbocycles. The molecule has 0 radical (unpaired) electrons. The highest BCUT2D eigenvalue weighted by Crippen LogP contribution is 2.61. The van der Waals surface area contributed by atoms with Crippen LogP contribution < -0.4 is 24.0 Å². The molecule has 0 saturated heterocycles. The van der Waals surface area contributed by atoms with Crippen molar-refractivity contribution in [2.75, 3.05) is 24.6 Å². The summed E-state index contributed by atoms with van der Waals surface area (Å²) in [7, 11) is -0.607. The third-order valence-corrected chi connectivity index (χ3v) is 10.7. The highest BCUT2D eigenvalue weighted by atomic mass is 127. The summed E-state index contributed by atoms with van der Waals surface area (Å²) in [5, 5.41) is 0. The van der Waals surface area contributed by atoms with E-state index in [0.29, 0.717) is 0 Å². The number of halogens is 1. The lowest BCUT2D eigenvalue weighted by Crippen LogP contribution is -3.00. The molecule has 0 N–H and O–H groups in total. The molecule has 0 aromatic carbocycles. The lowest BCUT2D eigenvalue weighted by Gasteiger charge is -2.27. The van der Waals surface area contributed by atoms with Crippen LogP contribution in [0.4, 0.5) is 0 Å². The topological polar surface area (TPSA) is 0 Å². The van der Waals surface area contributed by atoms with E-state index in [-0.39, 0.29) is 24.0 Å². The van der Waals surface area contributed by atoms with Crippen LogP contribution in [-0.4, -0.2) is 24.6 Å². The maximum Gasteiger partial charge on any atom is 0.0594 e. The van der Waals surface area contributed by atoms with Gasteiger partial charge in [0.15, 0.2) is 0 Å². The number of unbranched alkanes of at least 4 members (excludes halogenated alkanes) is 10. The second-order valence-electron chi connectivity index (χ2n) is 7.77. The van der Waals surface area contributed by atoms with Crippen LogP contribution in [0.2, 0.25) is 0 Å². The van der Waals surface area contributed by atoms with E-state index in [1.807, 2.05) is 0 Å². The Morgan fingerprint density at radius 2 is 0.708 bits per heavy atom. The summed E-state index contributed by atoms with van der Waals surface area (Å²) in [4.78, 5) is 0. The average Bonchev–Trinajstić information content (AvgIpc) is 2.54. The van der Waals surface area contributed by atoms with E-state index < -0.39 is 7.26 Å². The molecule has 0 bridgehead atoms. The SMILES string of the molecule is CCCCCCCC[P+](CCC)(CCC)CCCCCCCC.[I-]. The first-order valence-corrected chi connectivity index (χ1v) is 13.6. The summed E-state index contributed by atoms with van der Waals surface area (Å²) in [5.41, 5.74) is 0. The average molecular weight is 471 g/mol. The van der Waals surface area contributed by atoms with Crippen LogP contribution in [0.5, 0.6) is 0 Å². The fourth-order valence-electron chi connectivity index (χ4n) is 4.07. The van der Waals surface area contributed by atoms with Gasteiger partial charge in [0.05, 0.1) is 24.6 Å². The van der Waals surface area contributed by atoms with E-state index in [1.54, 1.807) is 24.6 Å². The quantitative estimate of drug-likeness (QED) is 0.140. The monoisotopic (exact) mass is 470 g/mol. The molecule has 2 heteroatoms. The van der Waals surface area contributed by atoms with Crippen LogP contribution in [0.25, 0.3) is 0 Å². The van der Waals surface area contributed by atoms with Gasteiger partial charge in [0.25, 0.3) is 0 Å². The zero-order chi connectivity index (χ0) is 17.2. The predicted molar refractivity (Wildman–Crippen MR) is 114 cm³/mol. The van der Waals surface area contributed by atoms with Crippen LogP contribution in [-0.2, 0) is 0 Å². The van der Waals surface area contributed by atoms with Crippen LogP contribution in [0.1, 0.15) is 118 Å². The summed E-state index contributed by atoms with van der Waals surface area (Å²) in [6.07, 6.45) is 26.9. The van der Waals surface area contributed by atoms with E-state index in [1.165, 1.54) is 89.9 Å². The van der Waals surface area contributed by atoms with E-state index >= 15 is 0 Å². The fraction of sp³-hybridized carbons (Fsp3) is 1.00. The zero-order valence-electron chi connectivity index (χ0n) is 17.6. The van der Waals surface area contributed by atoms with Crippen LogP contribution in [0, 0.1) is 0 Å². The zero-order valence-corrected chi connectivity index (χ0v) is 20.6. The van der Waals surface area contributed by atoms with Crippen molar-refractivity contribution >= 4 is 7.26 Å². The molecule has 148 valence electrons. The fourth-order valence-corrected chi connectivity index (χ4v) is 9.10. The summed E-state index contributed by atoms with van der Waals surface area (Å²) >= 11 is 0. The van der Waals surface area contributed by atoms with Gasteiger partial charge in [-0.3, -0.25) is 0 Å². The molecule has 0 nitrogen and oxygen atoms in total. The molecule has 0 aliphatic rings. The maximum atomic E-state index is 2.42. The Bertz CT molecular complexity index is 206. The van der Waals surface area contributed by atoms with Gasteiger partial charge >= 0.3 is 0 Å². The molecule has 0 aromatic rings. The number of hydrogen-bond donors (Lipinski definition) is 0. The molecule has 0 amide bonds. The van der Waals surface area contributed by atoms with Crippen molar-refractivity contribution in [3.05, 3.63) is 0 Å². The molecule has 24 heavy (non-hydrogen) atoms. The van der Waals surface area contributed by atoms with Gasteiger partial charge in [-0.05, 0) is 38.5 Å². The lowest BCUT2D eigenvalue weighted by atomic mass is 10.1. The molecule has 0 heterocycles. The number of rotatable bonds is 18. The number of hydrogen-bond acceptors (Lipinski definition) is 0. The van der Waals surface area contributed by atoms with Gasteiger partial charge in [-0.1, -0.05) is 79.1 Å². The van der Waals surface area contributed by atoms with Crippen LogP contribution in [0.3, 0.4) is 0 Å². The summed E-state index contributed by atoms with van der Waals surface area (Å²) in [6.45, 7) is 9.49. The molecular formula is C22H48IP. The van der Waals surface area contributed by atoms with Gasteiger partial charge in [-0.25, -0.2) is 0 Å². The van der Waals surface area contributed by atoms with E-state index in [0.717, 1.165) is 0 Å². The molecule has 0 unspecified atom stereocenters. The third kappa shape index (κ3) is 15.4. The highest BCUT2D eigenvalue weighted by Gasteiger charge is 2.33. The molecule has 0 atom stereocenters. The first kappa shape index (κ1) is 27.4. The second kappa shape index (κ2) is 20.5. The van der Waals surface area contributed by atoms with Gasteiger partial charge < -0.3 is 24.0 Å². The van der Waals surface area contributed by atoms with E-state index in [2.05, 4.69) is 27.7 Å². The summed E-state index contributed by atoms with van der Waals surface area (Å²) in [6, 6.07) is 0. The molecule has 0 aromatic heterocycles. The van der Waals surface area contributed by atoms with E-state index in [4.69, 9.17) is 0 Å². The molecule has 0 rings (SSSR count). The lowest BCUT2D eigenvalue weighted by molar-refractivity contribution is -0.00000537.